The van der Waals surface area contributed by atoms with E-state index >= 15 is 0 Å². The van der Waals surface area contributed by atoms with Gasteiger partial charge in [0.15, 0.2) is 0 Å². The minimum Gasteiger partial charge on any atom is -0.377 e. The van der Waals surface area contributed by atoms with Crippen LogP contribution >= 0.6 is 0 Å². The second-order valence-electron chi connectivity index (χ2n) is 6.82. The quantitative estimate of drug-likeness (QED) is 0.767. The molecule has 3 heteroatoms. The lowest BCUT2D eigenvalue weighted by Gasteiger charge is -2.36. The highest BCUT2D eigenvalue weighted by molar-refractivity contribution is 5.87. The van der Waals surface area contributed by atoms with E-state index in [-0.39, 0.29) is 11.3 Å². The number of likely N-dealkylation sites (N-methyl/N-ethyl adjacent to an activating group) is 1. The van der Waals surface area contributed by atoms with Gasteiger partial charge in [-0.2, -0.15) is 0 Å². The fourth-order valence-corrected chi connectivity index (χ4v) is 3.49. The van der Waals surface area contributed by atoms with Crippen LogP contribution in [0.4, 0.5) is 0 Å². The van der Waals surface area contributed by atoms with Crippen LogP contribution in [0.2, 0.25) is 0 Å². The van der Waals surface area contributed by atoms with Gasteiger partial charge in [-0.3, -0.25) is 4.79 Å². The van der Waals surface area contributed by atoms with Crippen molar-refractivity contribution in [3.05, 3.63) is 0 Å². The van der Waals surface area contributed by atoms with Gasteiger partial charge in [-0.25, -0.2) is 0 Å². The molecule has 0 amide bonds. The molecule has 2 atom stereocenters. The predicted octanol–water partition coefficient (Wildman–Crippen LogP) is 2.88. The first-order chi connectivity index (χ1) is 9.03. The molecule has 1 heterocycles. The first-order valence-corrected chi connectivity index (χ1v) is 7.91. The summed E-state index contributed by atoms with van der Waals surface area (Å²) in [6.45, 7) is 10.3. The summed E-state index contributed by atoms with van der Waals surface area (Å²) in [5.74, 6) is 0.717. The summed E-state index contributed by atoms with van der Waals surface area (Å²) in [6, 6.07) is 0. The maximum absolute atomic E-state index is 12.5. The fourth-order valence-electron chi connectivity index (χ4n) is 3.49. The zero-order valence-electron chi connectivity index (χ0n) is 12.8. The van der Waals surface area contributed by atoms with E-state index in [0.717, 1.165) is 39.1 Å². The molecule has 0 spiro atoms. The Balaban J connectivity index is 1.88. The van der Waals surface area contributed by atoms with Crippen LogP contribution in [-0.2, 0) is 9.53 Å². The van der Waals surface area contributed by atoms with E-state index < -0.39 is 0 Å². The van der Waals surface area contributed by atoms with Gasteiger partial charge in [0.25, 0.3) is 0 Å². The lowest BCUT2D eigenvalue weighted by atomic mass is 9.71. The SMILES string of the molecule is CCN(CC1CCCO1)CC1CCCC(C)(C)C1=O. The number of carbonyl (C=O) groups is 1. The van der Waals surface area contributed by atoms with Crippen LogP contribution in [-0.4, -0.2) is 43.0 Å². The molecule has 2 rings (SSSR count). The molecule has 19 heavy (non-hydrogen) atoms. The lowest BCUT2D eigenvalue weighted by Crippen LogP contribution is -2.43. The molecule has 1 saturated heterocycles. The summed E-state index contributed by atoms with van der Waals surface area (Å²) >= 11 is 0. The molecule has 0 N–H and O–H groups in total. The molecular weight excluding hydrogens is 238 g/mol. The highest BCUT2D eigenvalue weighted by atomic mass is 16.5. The molecular formula is C16H29NO2. The van der Waals surface area contributed by atoms with Crippen molar-refractivity contribution in [2.24, 2.45) is 11.3 Å². The van der Waals surface area contributed by atoms with Gasteiger partial charge in [0.2, 0.25) is 0 Å². The number of hydrogen-bond acceptors (Lipinski definition) is 3. The van der Waals surface area contributed by atoms with Crippen molar-refractivity contribution >= 4 is 5.78 Å². The molecule has 2 aliphatic rings. The highest BCUT2D eigenvalue weighted by Crippen LogP contribution is 2.35. The van der Waals surface area contributed by atoms with Gasteiger partial charge in [-0.1, -0.05) is 27.2 Å². The van der Waals surface area contributed by atoms with Gasteiger partial charge in [-0.05, 0) is 32.2 Å². The molecule has 1 aliphatic heterocycles. The molecule has 1 saturated carbocycles. The first kappa shape index (κ1) is 15.0. The molecule has 0 radical (unpaired) electrons. The van der Waals surface area contributed by atoms with Gasteiger partial charge in [-0.15, -0.1) is 0 Å². The summed E-state index contributed by atoms with van der Waals surface area (Å²) in [7, 11) is 0. The number of Topliss-reactive ketones (excluding diaryl/α,β-unsaturated/α-hetero) is 1. The fraction of sp³-hybridized carbons (Fsp3) is 0.938. The predicted molar refractivity (Wildman–Crippen MR) is 77.2 cm³/mol. The molecule has 0 bridgehead atoms. The van der Waals surface area contributed by atoms with Gasteiger partial charge in [0.1, 0.15) is 5.78 Å². The van der Waals surface area contributed by atoms with E-state index in [1.807, 2.05) is 0 Å². The van der Waals surface area contributed by atoms with E-state index in [4.69, 9.17) is 4.74 Å². The van der Waals surface area contributed by atoms with E-state index in [1.165, 1.54) is 19.3 Å². The van der Waals surface area contributed by atoms with Crippen LogP contribution in [0.5, 0.6) is 0 Å². The number of carbonyl (C=O) groups excluding carboxylic acids is 1. The van der Waals surface area contributed by atoms with Gasteiger partial charge in [0.05, 0.1) is 6.10 Å². The molecule has 0 aromatic heterocycles. The first-order valence-electron chi connectivity index (χ1n) is 7.91. The van der Waals surface area contributed by atoms with Crippen molar-refractivity contribution in [1.82, 2.24) is 4.90 Å². The Morgan fingerprint density at radius 3 is 2.68 bits per heavy atom. The largest absolute Gasteiger partial charge is 0.377 e. The molecule has 3 nitrogen and oxygen atoms in total. The summed E-state index contributed by atoms with van der Waals surface area (Å²) in [4.78, 5) is 14.9. The van der Waals surface area contributed by atoms with Crippen molar-refractivity contribution in [3.8, 4) is 0 Å². The second-order valence-corrected chi connectivity index (χ2v) is 6.82. The maximum Gasteiger partial charge on any atom is 0.142 e. The number of hydrogen-bond donors (Lipinski definition) is 0. The Hall–Kier alpha value is -0.410. The van der Waals surface area contributed by atoms with Crippen molar-refractivity contribution in [3.63, 3.8) is 0 Å². The highest BCUT2D eigenvalue weighted by Gasteiger charge is 2.37. The normalized spacial score (nSPS) is 31.1. The standard InChI is InChI=1S/C16H29NO2/c1-4-17(12-14-8-6-10-19-14)11-13-7-5-9-16(2,3)15(13)18/h13-14H,4-12H2,1-3H3. The third-order valence-electron chi connectivity index (χ3n) is 4.80. The molecule has 110 valence electrons. The number of nitrogens with zero attached hydrogens (tertiary/aromatic N) is 1. The Morgan fingerprint density at radius 1 is 1.26 bits per heavy atom. The molecule has 0 aromatic rings. The van der Waals surface area contributed by atoms with Gasteiger partial charge >= 0.3 is 0 Å². The number of ether oxygens (including phenoxy) is 1. The van der Waals surface area contributed by atoms with Crippen molar-refractivity contribution < 1.29 is 9.53 Å². The summed E-state index contributed by atoms with van der Waals surface area (Å²) in [5, 5.41) is 0. The third kappa shape index (κ3) is 3.79. The zero-order valence-corrected chi connectivity index (χ0v) is 12.8. The van der Waals surface area contributed by atoms with E-state index in [2.05, 4.69) is 25.7 Å². The van der Waals surface area contributed by atoms with E-state index in [9.17, 15) is 4.79 Å². The number of ketones is 1. The topological polar surface area (TPSA) is 29.5 Å². The molecule has 2 fully saturated rings. The maximum atomic E-state index is 12.5. The van der Waals surface area contributed by atoms with Crippen molar-refractivity contribution in [2.75, 3.05) is 26.2 Å². The number of rotatable bonds is 5. The second kappa shape index (κ2) is 6.36. The van der Waals surface area contributed by atoms with E-state index in [1.54, 1.807) is 0 Å². The summed E-state index contributed by atoms with van der Waals surface area (Å²) in [5.41, 5.74) is -0.105. The minimum atomic E-state index is -0.105. The zero-order chi connectivity index (χ0) is 13.9. The monoisotopic (exact) mass is 267 g/mol. The Labute approximate surface area is 117 Å². The smallest absolute Gasteiger partial charge is 0.142 e. The van der Waals surface area contributed by atoms with Crippen LogP contribution < -0.4 is 0 Å². The van der Waals surface area contributed by atoms with Gasteiger partial charge in [0, 0.05) is 31.0 Å². The van der Waals surface area contributed by atoms with Crippen LogP contribution in [0.3, 0.4) is 0 Å². The van der Waals surface area contributed by atoms with Crippen LogP contribution in [0, 0.1) is 11.3 Å². The molecule has 1 aliphatic carbocycles. The molecule has 0 aromatic carbocycles. The Morgan fingerprint density at radius 2 is 2.05 bits per heavy atom. The Bertz CT molecular complexity index is 308. The lowest BCUT2D eigenvalue weighted by molar-refractivity contribution is -0.135. The van der Waals surface area contributed by atoms with Crippen LogP contribution in [0.25, 0.3) is 0 Å². The average Bonchev–Trinajstić information content (AvgIpc) is 2.86. The van der Waals surface area contributed by atoms with Crippen LogP contribution in [0.1, 0.15) is 52.9 Å². The van der Waals surface area contributed by atoms with Gasteiger partial charge < -0.3 is 9.64 Å². The summed E-state index contributed by atoms with van der Waals surface area (Å²) < 4.78 is 5.72. The minimum absolute atomic E-state index is 0.105. The summed E-state index contributed by atoms with van der Waals surface area (Å²) in [6.07, 6.45) is 6.09. The van der Waals surface area contributed by atoms with Crippen molar-refractivity contribution in [2.45, 2.75) is 59.0 Å². The molecule has 2 unspecified atom stereocenters. The Kier molecular flexibility index (Phi) is 5.02. The van der Waals surface area contributed by atoms with Crippen LogP contribution in [0.15, 0.2) is 0 Å². The average molecular weight is 267 g/mol. The third-order valence-corrected chi connectivity index (χ3v) is 4.80. The van der Waals surface area contributed by atoms with E-state index in [0.29, 0.717) is 11.9 Å². The van der Waals surface area contributed by atoms with Crippen molar-refractivity contribution in [1.29, 1.82) is 0 Å².